The number of amides is 2. The molecule has 0 bridgehead atoms. The highest BCUT2D eigenvalue weighted by Crippen LogP contribution is 2.33. The van der Waals surface area contributed by atoms with Crippen molar-refractivity contribution in [1.82, 2.24) is 29.9 Å². The van der Waals surface area contributed by atoms with E-state index in [0.717, 1.165) is 24.1 Å². The molecule has 1 saturated heterocycles. The maximum absolute atomic E-state index is 13.1. The molecule has 0 saturated carbocycles. The number of anilines is 2. The van der Waals surface area contributed by atoms with E-state index in [9.17, 15) is 9.59 Å². The average molecular weight is 422 g/mol. The molecule has 1 fully saturated rings. The van der Waals surface area contributed by atoms with E-state index in [1.807, 2.05) is 13.0 Å². The van der Waals surface area contributed by atoms with Gasteiger partial charge in [0.05, 0.1) is 23.6 Å². The Bertz CT molecular complexity index is 1080. The van der Waals surface area contributed by atoms with Crippen LogP contribution in [0.15, 0.2) is 36.8 Å². The Morgan fingerprint density at radius 1 is 1.32 bits per heavy atom. The van der Waals surface area contributed by atoms with E-state index < -0.39 is 11.8 Å². The lowest BCUT2D eigenvalue weighted by Crippen LogP contribution is -2.46. The molecule has 3 aromatic heterocycles. The molecule has 10 heteroatoms. The number of hydrogen-bond acceptors (Lipinski definition) is 6. The van der Waals surface area contributed by atoms with Gasteiger partial charge in [-0.15, -0.1) is 0 Å². The summed E-state index contributed by atoms with van der Waals surface area (Å²) in [5.74, 6) is 0.101. The van der Waals surface area contributed by atoms with Crippen LogP contribution in [0.2, 0.25) is 0 Å². The smallest absolute Gasteiger partial charge is 0.313 e. The van der Waals surface area contributed by atoms with Crippen molar-refractivity contribution in [2.45, 2.75) is 39.2 Å². The number of rotatable bonds is 4. The van der Waals surface area contributed by atoms with E-state index in [2.05, 4.69) is 32.5 Å². The van der Waals surface area contributed by atoms with Gasteiger partial charge in [-0.25, -0.2) is 9.67 Å². The quantitative estimate of drug-likeness (QED) is 0.551. The van der Waals surface area contributed by atoms with Gasteiger partial charge in [0, 0.05) is 25.0 Å². The highest BCUT2D eigenvalue weighted by Gasteiger charge is 2.35. The zero-order chi connectivity index (χ0) is 22.0. The van der Waals surface area contributed by atoms with E-state index in [-0.39, 0.29) is 6.04 Å². The number of aryl methyl sites for hydroxylation is 1. The van der Waals surface area contributed by atoms with Crippen LogP contribution >= 0.6 is 0 Å². The van der Waals surface area contributed by atoms with Gasteiger partial charge in [0.1, 0.15) is 5.82 Å². The molecule has 0 aromatic carbocycles. The van der Waals surface area contributed by atoms with Gasteiger partial charge in [0.25, 0.3) is 0 Å². The number of hydrogen-bond donors (Lipinski definition) is 3. The van der Waals surface area contributed by atoms with Gasteiger partial charge in [-0.05, 0) is 42.9 Å². The van der Waals surface area contributed by atoms with Crippen molar-refractivity contribution < 1.29 is 9.59 Å². The maximum Gasteiger partial charge on any atom is 0.313 e. The van der Waals surface area contributed by atoms with Crippen molar-refractivity contribution in [2.24, 2.45) is 5.92 Å². The Kier molecular flexibility index (Phi) is 5.70. The van der Waals surface area contributed by atoms with E-state index in [1.165, 1.54) is 6.20 Å². The molecule has 1 aliphatic rings. The zero-order valence-electron chi connectivity index (χ0n) is 17.6. The second-order valence-electron chi connectivity index (χ2n) is 7.85. The highest BCUT2D eigenvalue weighted by molar-refractivity contribution is 6.39. The third-order valence-corrected chi connectivity index (χ3v) is 5.58. The topological polar surface area (TPSA) is 135 Å². The monoisotopic (exact) mass is 422 g/mol. The molecule has 0 unspecified atom stereocenters. The summed E-state index contributed by atoms with van der Waals surface area (Å²) in [6, 6.07) is 5.15. The predicted molar refractivity (Wildman–Crippen MR) is 115 cm³/mol. The molecule has 0 radical (unpaired) electrons. The number of carbonyl (C=O) groups excluding carboxylic acids is 2. The molecule has 4 rings (SSSR count). The second-order valence-corrected chi connectivity index (χ2v) is 7.85. The number of piperidine rings is 1. The van der Waals surface area contributed by atoms with Crippen LogP contribution in [0.3, 0.4) is 0 Å². The molecule has 2 atom stereocenters. The number of pyridine rings is 1. The summed E-state index contributed by atoms with van der Waals surface area (Å²) < 4.78 is 1.65. The molecule has 31 heavy (non-hydrogen) atoms. The van der Waals surface area contributed by atoms with Crippen LogP contribution in [0.5, 0.6) is 0 Å². The van der Waals surface area contributed by atoms with Crippen LogP contribution in [0.25, 0.3) is 5.82 Å². The van der Waals surface area contributed by atoms with Gasteiger partial charge in [-0.2, -0.15) is 10.2 Å². The predicted octanol–water partition coefficient (Wildman–Crippen LogP) is 2.07. The molecule has 2 amide bonds. The van der Waals surface area contributed by atoms with Gasteiger partial charge < -0.3 is 16.0 Å². The SMILES string of the molecule is CCc1cc(NC(=O)C(=O)N2C[C@H](C)CC[C@H]2c2ccn(-c3cc[nH]n3)n2)cnc1N. The van der Waals surface area contributed by atoms with Crippen LogP contribution in [0.1, 0.15) is 44.0 Å². The summed E-state index contributed by atoms with van der Waals surface area (Å²) in [6.45, 7) is 4.52. The Hall–Kier alpha value is -3.69. The highest BCUT2D eigenvalue weighted by atomic mass is 16.2. The minimum Gasteiger partial charge on any atom is -0.383 e. The zero-order valence-corrected chi connectivity index (χ0v) is 17.6. The summed E-state index contributed by atoms with van der Waals surface area (Å²) in [7, 11) is 0. The lowest BCUT2D eigenvalue weighted by molar-refractivity contribution is -0.146. The summed E-state index contributed by atoms with van der Waals surface area (Å²) >= 11 is 0. The Morgan fingerprint density at radius 2 is 2.16 bits per heavy atom. The molecule has 4 heterocycles. The first-order valence-electron chi connectivity index (χ1n) is 10.4. The fourth-order valence-electron chi connectivity index (χ4n) is 3.90. The number of nitrogens with two attached hydrogens (primary N) is 1. The van der Waals surface area contributed by atoms with Crippen molar-refractivity contribution in [1.29, 1.82) is 0 Å². The maximum atomic E-state index is 13.1. The molecular formula is C21H26N8O2. The Labute approximate surface area is 179 Å². The molecule has 10 nitrogen and oxygen atoms in total. The lowest BCUT2D eigenvalue weighted by atomic mass is 9.92. The lowest BCUT2D eigenvalue weighted by Gasteiger charge is -2.37. The fourth-order valence-corrected chi connectivity index (χ4v) is 3.90. The van der Waals surface area contributed by atoms with Crippen molar-refractivity contribution >= 4 is 23.3 Å². The molecular weight excluding hydrogens is 396 g/mol. The number of nitrogens with one attached hydrogen (secondary N) is 2. The first-order chi connectivity index (χ1) is 15.0. The minimum absolute atomic E-state index is 0.273. The van der Waals surface area contributed by atoms with Crippen LogP contribution in [0.4, 0.5) is 11.5 Å². The summed E-state index contributed by atoms with van der Waals surface area (Å²) in [5, 5.41) is 14.1. The molecule has 0 spiro atoms. The number of H-pyrrole nitrogens is 1. The third kappa shape index (κ3) is 4.27. The van der Waals surface area contributed by atoms with Gasteiger partial charge in [0.15, 0.2) is 5.82 Å². The van der Waals surface area contributed by atoms with E-state index in [4.69, 9.17) is 5.73 Å². The van der Waals surface area contributed by atoms with Gasteiger partial charge in [-0.1, -0.05) is 13.8 Å². The van der Waals surface area contributed by atoms with Crippen LogP contribution in [-0.2, 0) is 16.0 Å². The third-order valence-electron chi connectivity index (χ3n) is 5.58. The van der Waals surface area contributed by atoms with Crippen molar-refractivity contribution in [3.63, 3.8) is 0 Å². The Balaban J connectivity index is 1.53. The summed E-state index contributed by atoms with van der Waals surface area (Å²) in [4.78, 5) is 31.6. The molecule has 162 valence electrons. The van der Waals surface area contributed by atoms with E-state index in [0.29, 0.717) is 36.2 Å². The van der Waals surface area contributed by atoms with Crippen LogP contribution < -0.4 is 11.1 Å². The molecule has 3 aromatic rings. The molecule has 0 aliphatic carbocycles. The van der Waals surface area contributed by atoms with Crippen molar-refractivity contribution in [2.75, 3.05) is 17.6 Å². The van der Waals surface area contributed by atoms with Crippen molar-refractivity contribution in [3.8, 4) is 5.82 Å². The van der Waals surface area contributed by atoms with Crippen LogP contribution in [-0.4, -0.2) is 48.2 Å². The van der Waals surface area contributed by atoms with Gasteiger partial charge >= 0.3 is 11.8 Å². The van der Waals surface area contributed by atoms with Crippen molar-refractivity contribution in [3.05, 3.63) is 48.0 Å². The average Bonchev–Trinajstić information content (AvgIpc) is 3.46. The number of nitrogens with zero attached hydrogens (tertiary/aromatic N) is 5. The largest absolute Gasteiger partial charge is 0.383 e. The number of likely N-dealkylation sites (tertiary alicyclic amines) is 1. The first kappa shape index (κ1) is 20.6. The number of nitrogen functional groups attached to an aromatic ring is 1. The molecule has 1 aliphatic heterocycles. The summed E-state index contributed by atoms with van der Waals surface area (Å²) in [6.07, 6.45) is 7.35. The molecule has 4 N–H and O–H groups in total. The minimum atomic E-state index is -0.695. The van der Waals surface area contributed by atoms with E-state index in [1.54, 1.807) is 34.1 Å². The second kappa shape index (κ2) is 8.58. The van der Waals surface area contributed by atoms with Gasteiger partial charge in [-0.3, -0.25) is 14.7 Å². The first-order valence-corrected chi connectivity index (χ1v) is 10.4. The number of aromatic amines is 1. The standard InChI is InChI=1S/C21H26N8O2/c1-3-14-10-15(11-23-19(14)22)25-20(30)21(31)28-12-13(2)4-5-17(28)16-7-9-29(27-16)18-6-8-24-26-18/h6-11,13,17H,3-5,12H2,1-2H3,(H2,22,23)(H,24,26)(H,25,30)/t13-,17+/m1/s1. The summed E-state index contributed by atoms with van der Waals surface area (Å²) in [5.41, 5.74) is 7.83. The number of aromatic nitrogens is 5. The van der Waals surface area contributed by atoms with E-state index >= 15 is 0 Å². The van der Waals surface area contributed by atoms with Crippen LogP contribution in [0, 0.1) is 5.92 Å². The normalized spacial score (nSPS) is 18.7. The Morgan fingerprint density at radius 3 is 2.90 bits per heavy atom. The fraction of sp³-hybridized carbons (Fsp3) is 0.381. The number of carbonyl (C=O) groups is 2. The van der Waals surface area contributed by atoms with Gasteiger partial charge in [0.2, 0.25) is 0 Å².